The van der Waals surface area contributed by atoms with Crippen LogP contribution in [0.25, 0.3) is 0 Å². The van der Waals surface area contributed by atoms with Crippen LogP contribution >= 0.6 is 35.3 Å². The molecule has 2 amide bonds. The summed E-state index contributed by atoms with van der Waals surface area (Å²) < 4.78 is 5.04. The van der Waals surface area contributed by atoms with Crippen molar-refractivity contribution in [3.8, 4) is 0 Å². The summed E-state index contributed by atoms with van der Waals surface area (Å²) in [6, 6.07) is 3.96. The lowest BCUT2D eigenvalue weighted by atomic mass is 10.1. The molecule has 0 spiro atoms. The summed E-state index contributed by atoms with van der Waals surface area (Å²) in [7, 11) is 1.74. The van der Waals surface area contributed by atoms with Crippen LogP contribution in [0.2, 0.25) is 0 Å². The van der Waals surface area contributed by atoms with Crippen LogP contribution in [0.4, 0.5) is 4.79 Å². The monoisotopic (exact) mass is 523 g/mol. The smallest absolute Gasteiger partial charge is 0.409 e. The van der Waals surface area contributed by atoms with Crippen molar-refractivity contribution in [1.82, 2.24) is 20.9 Å². The highest BCUT2D eigenvalue weighted by atomic mass is 127. The predicted octanol–water partition coefficient (Wildman–Crippen LogP) is 2.27. The summed E-state index contributed by atoms with van der Waals surface area (Å²) >= 11 is 1.44. The van der Waals surface area contributed by atoms with Crippen molar-refractivity contribution in [2.45, 2.75) is 32.2 Å². The molecule has 1 aliphatic heterocycles. The number of amides is 2. The summed E-state index contributed by atoms with van der Waals surface area (Å²) in [6.45, 7) is 4.91. The fourth-order valence-corrected chi connectivity index (χ4v) is 3.44. The van der Waals surface area contributed by atoms with E-state index in [1.807, 2.05) is 24.4 Å². The van der Waals surface area contributed by atoms with Crippen molar-refractivity contribution >= 4 is 53.3 Å². The Labute approximate surface area is 187 Å². The molecule has 158 valence electrons. The maximum Gasteiger partial charge on any atom is 0.409 e. The van der Waals surface area contributed by atoms with Crippen molar-refractivity contribution in [1.29, 1.82) is 0 Å². The predicted molar refractivity (Wildman–Crippen MR) is 123 cm³/mol. The van der Waals surface area contributed by atoms with Crippen molar-refractivity contribution in [3.63, 3.8) is 0 Å². The van der Waals surface area contributed by atoms with E-state index < -0.39 is 0 Å². The van der Waals surface area contributed by atoms with Crippen molar-refractivity contribution < 1.29 is 14.3 Å². The second-order valence-electron chi connectivity index (χ2n) is 6.19. The van der Waals surface area contributed by atoms with Gasteiger partial charge >= 0.3 is 6.09 Å². The Kier molecular flexibility index (Phi) is 11.9. The first kappa shape index (κ1) is 24.5. The van der Waals surface area contributed by atoms with Gasteiger partial charge in [-0.1, -0.05) is 6.07 Å². The standard InChI is InChI=1S/C18H29N5O3S.HI/c1-3-26-18(25)23-11-7-14(8-12-23)22-17(19-2)21-10-5-9-20-16(24)15-6-4-13-27-15;/h4,6,13-14H,3,5,7-12H2,1-2H3,(H,20,24)(H2,19,21,22);1H. The number of guanidine groups is 1. The number of halogens is 1. The lowest BCUT2D eigenvalue weighted by Gasteiger charge is -2.32. The molecular formula is C18H30IN5O3S. The molecule has 0 aromatic carbocycles. The van der Waals surface area contributed by atoms with Crippen molar-refractivity contribution in [2.24, 2.45) is 4.99 Å². The van der Waals surface area contributed by atoms with E-state index in [4.69, 9.17) is 4.74 Å². The molecule has 2 heterocycles. The van der Waals surface area contributed by atoms with E-state index in [1.54, 1.807) is 11.9 Å². The maximum atomic E-state index is 11.8. The van der Waals surface area contributed by atoms with Crippen LogP contribution in [0.1, 0.15) is 35.9 Å². The molecular weight excluding hydrogens is 493 g/mol. The molecule has 1 saturated heterocycles. The number of hydrogen-bond donors (Lipinski definition) is 3. The summed E-state index contributed by atoms with van der Waals surface area (Å²) in [5.74, 6) is 0.718. The molecule has 0 aliphatic carbocycles. The molecule has 1 fully saturated rings. The molecule has 2 rings (SSSR count). The number of carbonyl (C=O) groups is 2. The molecule has 28 heavy (non-hydrogen) atoms. The topological polar surface area (TPSA) is 95.1 Å². The van der Waals surface area contributed by atoms with E-state index in [2.05, 4.69) is 20.9 Å². The zero-order chi connectivity index (χ0) is 19.5. The van der Waals surface area contributed by atoms with Crippen LogP contribution < -0.4 is 16.0 Å². The van der Waals surface area contributed by atoms with Crippen LogP contribution in [-0.2, 0) is 4.74 Å². The first-order valence-corrected chi connectivity index (χ1v) is 10.2. The lowest BCUT2D eigenvalue weighted by Crippen LogP contribution is -2.50. The Bertz CT molecular complexity index is 619. The number of ether oxygens (including phenoxy) is 1. The minimum Gasteiger partial charge on any atom is -0.450 e. The molecule has 3 N–H and O–H groups in total. The van der Waals surface area contributed by atoms with Gasteiger partial charge in [0, 0.05) is 39.3 Å². The molecule has 0 atom stereocenters. The summed E-state index contributed by atoms with van der Waals surface area (Å²) in [6.07, 6.45) is 2.29. The molecule has 1 aromatic heterocycles. The largest absolute Gasteiger partial charge is 0.450 e. The zero-order valence-corrected chi connectivity index (χ0v) is 19.5. The molecule has 0 saturated carbocycles. The molecule has 8 nitrogen and oxygen atoms in total. The number of thiophene rings is 1. The second kappa shape index (κ2) is 13.6. The number of aliphatic imine (C=N–C) groups is 1. The lowest BCUT2D eigenvalue weighted by molar-refractivity contribution is 0.0952. The second-order valence-corrected chi connectivity index (χ2v) is 7.14. The third-order valence-corrected chi connectivity index (χ3v) is 5.13. The Hall–Kier alpha value is -1.56. The Morgan fingerprint density at radius 1 is 1.29 bits per heavy atom. The first-order chi connectivity index (χ1) is 13.1. The molecule has 0 unspecified atom stereocenters. The first-order valence-electron chi connectivity index (χ1n) is 9.34. The number of likely N-dealkylation sites (tertiary alicyclic amines) is 1. The zero-order valence-electron chi connectivity index (χ0n) is 16.4. The van der Waals surface area contributed by atoms with E-state index >= 15 is 0 Å². The molecule has 1 aromatic rings. The highest BCUT2D eigenvalue weighted by molar-refractivity contribution is 14.0. The number of rotatable bonds is 7. The summed E-state index contributed by atoms with van der Waals surface area (Å²) in [5, 5.41) is 11.5. The Morgan fingerprint density at radius 3 is 2.61 bits per heavy atom. The average Bonchev–Trinajstić information content (AvgIpc) is 3.22. The van der Waals surface area contributed by atoms with Gasteiger partial charge in [0.1, 0.15) is 0 Å². The maximum absolute atomic E-state index is 11.8. The number of nitrogens with zero attached hydrogens (tertiary/aromatic N) is 2. The van der Waals surface area contributed by atoms with E-state index in [1.165, 1.54) is 11.3 Å². The van der Waals surface area contributed by atoms with Crippen LogP contribution in [0.5, 0.6) is 0 Å². The molecule has 0 bridgehead atoms. The van der Waals surface area contributed by atoms with Gasteiger partial charge in [0.15, 0.2) is 5.96 Å². The Balaban J connectivity index is 0.00000392. The van der Waals surface area contributed by atoms with Gasteiger partial charge in [-0.05, 0) is 37.6 Å². The number of carbonyl (C=O) groups excluding carboxylic acids is 2. The molecule has 1 aliphatic rings. The minimum atomic E-state index is -0.233. The van der Waals surface area contributed by atoms with Crippen LogP contribution in [-0.4, -0.2) is 68.7 Å². The number of piperidine rings is 1. The van der Waals surface area contributed by atoms with Gasteiger partial charge in [-0.25, -0.2) is 4.79 Å². The third kappa shape index (κ3) is 8.21. The fraction of sp³-hybridized carbons (Fsp3) is 0.611. The average molecular weight is 523 g/mol. The van der Waals surface area contributed by atoms with Gasteiger partial charge in [-0.3, -0.25) is 9.79 Å². The van der Waals surface area contributed by atoms with Crippen LogP contribution in [0.15, 0.2) is 22.5 Å². The normalized spacial score (nSPS) is 14.8. The van der Waals surface area contributed by atoms with E-state index in [0.717, 1.165) is 30.1 Å². The van der Waals surface area contributed by atoms with E-state index in [9.17, 15) is 9.59 Å². The summed E-state index contributed by atoms with van der Waals surface area (Å²) in [4.78, 5) is 30.3. The number of nitrogens with one attached hydrogen (secondary N) is 3. The van der Waals surface area contributed by atoms with Gasteiger partial charge in [0.2, 0.25) is 0 Å². The van der Waals surface area contributed by atoms with Gasteiger partial charge < -0.3 is 25.6 Å². The van der Waals surface area contributed by atoms with Crippen molar-refractivity contribution in [2.75, 3.05) is 39.8 Å². The number of hydrogen-bond acceptors (Lipinski definition) is 5. The molecule has 10 heteroatoms. The van der Waals surface area contributed by atoms with Gasteiger partial charge in [-0.15, -0.1) is 35.3 Å². The van der Waals surface area contributed by atoms with Gasteiger partial charge in [0.25, 0.3) is 5.91 Å². The fourth-order valence-electron chi connectivity index (χ4n) is 2.80. The van der Waals surface area contributed by atoms with E-state index in [0.29, 0.717) is 32.8 Å². The SMILES string of the molecule is CCOC(=O)N1CCC(NC(=NC)NCCCNC(=O)c2cccs2)CC1.I. The van der Waals surface area contributed by atoms with Crippen LogP contribution in [0, 0.1) is 0 Å². The molecule has 0 radical (unpaired) electrons. The quantitative estimate of drug-likeness (QED) is 0.221. The van der Waals surface area contributed by atoms with Gasteiger partial charge in [-0.2, -0.15) is 0 Å². The highest BCUT2D eigenvalue weighted by Crippen LogP contribution is 2.11. The van der Waals surface area contributed by atoms with Gasteiger partial charge in [0.05, 0.1) is 11.5 Å². The third-order valence-electron chi connectivity index (χ3n) is 4.26. The minimum absolute atomic E-state index is 0. The summed E-state index contributed by atoms with van der Waals surface area (Å²) in [5.41, 5.74) is 0. The highest BCUT2D eigenvalue weighted by Gasteiger charge is 2.23. The van der Waals surface area contributed by atoms with Crippen molar-refractivity contribution in [3.05, 3.63) is 22.4 Å². The van der Waals surface area contributed by atoms with E-state index in [-0.39, 0.29) is 42.0 Å². The Morgan fingerprint density at radius 2 is 2.00 bits per heavy atom. The van der Waals surface area contributed by atoms with Crippen LogP contribution in [0.3, 0.4) is 0 Å².